The van der Waals surface area contributed by atoms with Gasteiger partial charge in [-0.25, -0.2) is 9.37 Å². The lowest BCUT2D eigenvalue weighted by Crippen LogP contribution is -2.05. The number of aromatic nitrogens is 3. The molecule has 0 fully saturated rings. The van der Waals surface area contributed by atoms with Crippen molar-refractivity contribution in [1.29, 1.82) is 0 Å². The molecule has 0 amide bonds. The van der Waals surface area contributed by atoms with E-state index in [1.165, 1.54) is 13.2 Å². The van der Waals surface area contributed by atoms with Crippen LogP contribution in [0.3, 0.4) is 0 Å². The molecule has 6 heteroatoms. The summed E-state index contributed by atoms with van der Waals surface area (Å²) in [5.41, 5.74) is 6.31. The first kappa shape index (κ1) is 12.5. The van der Waals surface area contributed by atoms with Gasteiger partial charge < -0.3 is 10.5 Å². The molecule has 2 N–H and O–H groups in total. The second kappa shape index (κ2) is 5.14. The zero-order chi connectivity index (χ0) is 13.1. The topological polar surface area (TPSA) is 66.0 Å². The van der Waals surface area contributed by atoms with E-state index < -0.39 is 0 Å². The Morgan fingerprint density at radius 3 is 2.78 bits per heavy atom. The van der Waals surface area contributed by atoms with E-state index in [-0.39, 0.29) is 11.6 Å². The highest BCUT2D eigenvalue weighted by Gasteiger charge is 2.09. The molecule has 0 saturated carbocycles. The lowest BCUT2D eigenvalue weighted by molar-refractivity contribution is 0.386. The van der Waals surface area contributed by atoms with Crippen LogP contribution in [0.1, 0.15) is 17.2 Å². The minimum Gasteiger partial charge on any atom is -0.494 e. The number of halogens is 1. The number of nitrogens with zero attached hydrogens (tertiary/aromatic N) is 3. The predicted octanol–water partition coefficient (Wildman–Crippen LogP) is 1.01. The van der Waals surface area contributed by atoms with Gasteiger partial charge in [-0.05, 0) is 17.7 Å². The average molecular weight is 250 g/mol. The van der Waals surface area contributed by atoms with E-state index in [0.29, 0.717) is 24.6 Å². The van der Waals surface area contributed by atoms with Gasteiger partial charge in [-0.15, -0.1) is 0 Å². The second-order valence-corrected chi connectivity index (χ2v) is 3.92. The van der Waals surface area contributed by atoms with Gasteiger partial charge in [0.05, 0.1) is 13.7 Å². The summed E-state index contributed by atoms with van der Waals surface area (Å²) in [4.78, 5) is 4.27. The largest absolute Gasteiger partial charge is 0.494 e. The predicted molar refractivity (Wildman–Crippen MR) is 64.7 cm³/mol. The van der Waals surface area contributed by atoms with Gasteiger partial charge in [0.1, 0.15) is 5.82 Å². The van der Waals surface area contributed by atoms with Crippen LogP contribution in [-0.2, 0) is 20.0 Å². The number of nitrogens with two attached hydrogens (primary N) is 1. The summed E-state index contributed by atoms with van der Waals surface area (Å²) >= 11 is 0. The van der Waals surface area contributed by atoms with Crippen molar-refractivity contribution in [3.8, 4) is 5.75 Å². The van der Waals surface area contributed by atoms with Crippen LogP contribution in [0.5, 0.6) is 5.75 Å². The first-order valence-electron chi connectivity index (χ1n) is 5.55. The van der Waals surface area contributed by atoms with Gasteiger partial charge in [-0.2, -0.15) is 5.10 Å². The van der Waals surface area contributed by atoms with Crippen molar-refractivity contribution in [1.82, 2.24) is 14.8 Å². The molecule has 18 heavy (non-hydrogen) atoms. The summed E-state index contributed by atoms with van der Waals surface area (Å²) < 4.78 is 20.0. The summed E-state index contributed by atoms with van der Waals surface area (Å²) in [5, 5.41) is 4.22. The van der Waals surface area contributed by atoms with Crippen LogP contribution in [0.4, 0.5) is 4.39 Å². The Morgan fingerprint density at radius 1 is 1.44 bits per heavy atom. The Kier molecular flexibility index (Phi) is 3.57. The van der Waals surface area contributed by atoms with E-state index in [1.54, 1.807) is 23.9 Å². The van der Waals surface area contributed by atoms with Gasteiger partial charge in [0.15, 0.2) is 17.4 Å². The fourth-order valence-electron chi connectivity index (χ4n) is 1.73. The summed E-state index contributed by atoms with van der Waals surface area (Å²) in [6.07, 6.45) is 0.467. The Bertz CT molecular complexity index is 553. The Balaban J connectivity index is 2.20. The number of benzene rings is 1. The molecule has 96 valence electrons. The van der Waals surface area contributed by atoms with E-state index in [1.807, 2.05) is 0 Å². The standard InChI is InChI=1S/C12H15FN4O/c1-17-12(7-14)15-11(16-17)6-8-3-4-10(18-2)9(13)5-8/h3-5H,6-7,14H2,1-2H3. The molecular weight excluding hydrogens is 235 g/mol. The van der Waals surface area contributed by atoms with Crippen molar-refractivity contribution < 1.29 is 9.13 Å². The molecule has 1 aromatic heterocycles. The SMILES string of the molecule is COc1ccc(Cc2nc(CN)n(C)n2)cc1F. The number of hydrogen-bond acceptors (Lipinski definition) is 4. The molecule has 5 nitrogen and oxygen atoms in total. The number of aryl methyl sites for hydroxylation is 1. The van der Waals surface area contributed by atoms with Crippen molar-refractivity contribution >= 4 is 0 Å². The zero-order valence-corrected chi connectivity index (χ0v) is 10.4. The first-order valence-corrected chi connectivity index (χ1v) is 5.55. The van der Waals surface area contributed by atoms with Crippen molar-refractivity contribution in [3.05, 3.63) is 41.2 Å². The van der Waals surface area contributed by atoms with Crippen molar-refractivity contribution in [3.63, 3.8) is 0 Å². The van der Waals surface area contributed by atoms with Crippen LogP contribution in [0, 0.1) is 5.82 Å². The van der Waals surface area contributed by atoms with Crippen LogP contribution < -0.4 is 10.5 Å². The molecule has 0 atom stereocenters. The minimum absolute atomic E-state index is 0.232. The summed E-state index contributed by atoms with van der Waals surface area (Å²) in [6, 6.07) is 4.81. The lowest BCUT2D eigenvalue weighted by atomic mass is 10.1. The molecule has 0 aliphatic rings. The van der Waals surface area contributed by atoms with Gasteiger partial charge >= 0.3 is 0 Å². The fourth-order valence-corrected chi connectivity index (χ4v) is 1.73. The number of hydrogen-bond donors (Lipinski definition) is 1. The first-order chi connectivity index (χ1) is 8.63. The maximum absolute atomic E-state index is 13.5. The van der Waals surface area contributed by atoms with E-state index in [4.69, 9.17) is 10.5 Å². The molecule has 0 aliphatic heterocycles. The maximum atomic E-state index is 13.5. The van der Waals surface area contributed by atoms with E-state index in [2.05, 4.69) is 10.1 Å². The smallest absolute Gasteiger partial charge is 0.165 e. The lowest BCUT2D eigenvalue weighted by Gasteiger charge is -2.03. The zero-order valence-electron chi connectivity index (χ0n) is 10.4. The van der Waals surface area contributed by atoms with E-state index in [0.717, 1.165) is 5.56 Å². The number of methoxy groups -OCH3 is 1. The highest BCUT2D eigenvalue weighted by Crippen LogP contribution is 2.18. The third-order valence-electron chi connectivity index (χ3n) is 2.66. The normalized spacial score (nSPS) is 10.7. The molecule has 2 rings (SSSR count). The molecule has 2 aromatic rings. The third-order valence-corrected chi connectivity index (χ3v) is 2.66. The summed E-state index contributed by atoms with van der Waals surface area (Å²) in [7, 11) is 3.22. The Hall–Kier alpha value is -1.95. The maximum Gasteiger partial charge on any atom is 0.165 e. The van der Waals surface area contributed by atoms with E-state index >= 15 is 0 Å². The van der Waals surface area contributed by atoms with Crippen LogP contribution >= 0.6 is 0 Å². The number of rotatable bonds is 4. The van der Waals surface area contributed by atoms with Crippen LogP contribution in [0.15, 0.2) is 18.2 Å². The van der Waals surface area contributed by atoms with Gasteiger partial charge in [-0.3, -0.25) is 4.68 Å². The molecule has 0 radical (unpaired) electrons. The molecule has 0 saturated heterocycles. The Morgan fingerprint density at radius 2 is 2.22 bits per heavy atom. The van der Waals surface area contributed by atoms with Gasteiger partial charge in [0, 0.05) is 13.5 Å². The van der Waals surface area contributed by atoms with Crippen molar-refractivity contribution in [2.45, 2.75) is 13.0 Å². The Labute approximate surface area is 104 Å². The molecule has 0 aliphatic carbocycles. The molecule has 0 bridgehead atoms. The van der Waals surface area contributed by atoms with E-state index in [9.17, 15) is 4.39 Å². The van der Waals surface area contributed by atoms with Crippen LogP contribution in [0.25, 0.3) is 0 Å². The highest BCUT2D eigenvalue weighted by molar-refractivity contribution is 5.30. The highest BCUT2D eigenvalue weighted by atomic mass is 19.1. The average Bonchev–Trinajstić information content (AvgIpc) is 2.69. The molecule has 1 aromatic carbocycles. The van der Waals surface area contributed by atoms with Crippen molar-refractivity contribution in [2.24, 2.45) is 12.8 Å². The van der Waals surface area contributed by atoms with Crippen LogP contribution in [-0.4, -0.2) is 21.9 Å². The monoisotopic (exact) mass is 250 g/mol. The fraction of sp³-hybridized carbons (Fsp3) is 0.333. The van der Waals surface area contributed by atoms with Gasteiger partial charge in [0.2, 0.25) is 0 Å². The number of ether oxygens (including phenoxy) is 1. The van der Waals surface area contributed by atoms with Crippen molar-refractivity contribution in [2.75, 3.05) is 7.11 Å². The molecule has 0 unspecified atom stereocenters. The van der Waals surface area contributed by atoms with Crippen LogP contribution in [0.2, 0.25) is 0 Å². The molecule has 0 spiro atoms. The third kappa shape index (κ3) is 2.48. The van der Waals surface area contributed by atoms with Gasteiger partial charge in [-0.1, -0.05) is 6.07 Å². The summed E-state index contributed by atoms with van der Waals surface area (Å²) in [6.45, 7) is 0.334. The molecule has 1 heterocycles. The van der Waals surface area contributed by atoms with Gasteiger partial charge in [0.25, 0.3) is 0 Å². The molecular formula is C12H15FN4O. The second-order valence-electron chi connectivity index (χ2n) is 3.92. The summed E-state index contributed by atoms with van der Waals surface area (Å²) in [5.74, 6) is 1.18. The quantitative estimate of drug-likeness (QED) is 0.879. The minimum atomic E-state index is -0.384.